The van der Waals surface area contributed by atoms with Crippen LogP contribution in [0.15, 0.2) is 53.0 Å². The molecule has 1 N–H and O–H groups in total. The highest BCUT2D eigenvalue weighted by Crippen LogP contribution is 2.29. The molecule has 0 spiro atoms. The second-order valence-corrected chi connectivity index (χ2v) is 5.69. The van der Waals surface area contributed by atoms with Gasteiger partial charge in [0.1, 0.15) is 11.5 Å². The van der Waals surface area contributed by atoms with Gasteiger partial charge in [0.05, 0.1) is 19.1 Å². The maximum Gasteiger partial charge on any atom is 0.322 e. The van der Waals surface area contributed by atoms with E-state index in [1.807, 2.05) is 0 Å². The number of hydrogen-bond donors (Lipinski definition) is 1. The Morgan fingerprint density at radius 2 is 1.86 bits per heavy atom. The first-order valence-electron chi connectivity index (χ1n) is 8.29. The second-order valence-electron chi connectivity index (χ2n) is 5.69. The zero-order valence-electron chi connectivity index (χ0n) is 15.5. The summed E-state index contributed by atoms with van der Waals surface area (Å²) in [5.74, 6) is 0.723. The number of nitro groups is 1. The van der Waals surface area contributed by atoms with E-state index in [4.69, 9.17) is 13.9 Å². The summed E-state index contributed by atoms with van der Waals surface area (Å²) in [5.41, 5.74) is 0.994. The van der Waals surface area contributed by atoms with Gasteiger partial charge in [-0.2, -0.15) is 0 Å². The third-order valence-electron chi connectivity index (χ3n) is 3.76. The van der Waals surface area contributed by atoms with Gasteiger partial charge < -0.3 is 13.9 Å². The number of benzene rings is 2. The number of carbonyl (C=O) groups is 1. The standard InChI is InChI=1S/C19H16N4O6/c1-27-15-9-13(10-16(11-15)28-2)18-21-22-19(29-18)20-17(24)7-6-12-4-3-5-14(8-12)23(25)26/h3-11H,1-2H3,(H,20,22,24). The number of aromatic nitrogens is 2. The Balaban J connectivity index is 1.71. The lowest BCUT2D eigenvalue weighted by Gasteiger charge is -2.05. The number of carbonyl (C=O) groups excluding carboxylic acids is 1. The largest absolute Gasteiger partial charge is 0.497 e. The average Bonchev–Trinajstić information content (AvgIpc) is 3.20. The van der Waals surface area contributed by atoms with Crippen LogP contribution < -0.4 is 14.8 Å². The minimum Gasteiger partial charge on any atom is -0.497 e. The van der Waals surface area contributed by atoms with E-state index >= 15 is 0 Å². The Morgan fingerprint density at radius 3 is 2.52 bits per heavy atom. The number of methoxy groups -OCH3 is 2. The monoisotopic (exact) mass is 396 g/mol. The van der Waals surface area contributed by atoms with Gasteiger partial charge in [-0.15, -0.1) is 5.10 Å². The normalized spacial score (nSPS) is 10.7. The maximum absolute atomic E-state index is 12.1. The molecule has 0 aliphatic rings. The highest BCUT2D eigenvalue weighted by atomic mass is 16.6. The number of nitrogens with zero attached hydrogens (tertiary/aromatic N) is 3. The van der Waals surface area contributed by atoms with Crippen molar-refractivity contribution in [2.45, 2.75) is 0 Å². The van der Waals surface area contributed by atoms with E-state index in [1.54, 1.807) is 24.3 Å². The van der Waals surface area contributed by atoms with Crippen LogP contribution in [0.4, 0.5) is 11.7 Å². The molecule has 0 radical (unpaired) electrons. The minimum absolute atomic E-state index is 0.0668. The van der Waals surface area contributed by atoms with Crippen LogP contribution >= 0.6 is 0 Å². The number of ether oxygens (including phenoxy) is 2. The van der Waals surface area contributed by atoms with Crippen molar-refractivity contribution < 1.29 is 23.6 Å². The lowest BCUT2D eigenvalue weighted by atomic mass is 10.2. The van der Waals surface area contributed by atoms with Gasteiger partial charge in [-0.3, -0.25) is 20.2 Å². The van der Waals surface area contributed by atoms with E-state index < -0.39 is 10.8 Å². The Bertz CT molecular complexity index is 1050. The van der Waals surface area contributed by atoms with Gasteiger partial charge in [0.2, 0.25) is 5.89 Å². The number of amides is 1. The molecule has 10 nitrogen and oxygen atoms in total. The Labute approximate surface area is 164 Å². The lowest BCUT2D eigenvalue weighted by Crippen LogP contribution is -2.07. The summed E-state index contributed by atoms with van der Waals surface area (Å²) in [6.07, 6.45) is 2.64. The molecule has 1 amide bonds. The predicted molar refractivity (Wildman–Crippen MR) is 104 cm³/mol. The molecule has 148 valence electrons. The highest BCUT2D eigenvalue weighted by molar-refractivity contribution is 6.00. The summed E-state index contributed by atoms with van der Waals surface area (Å²) < 4.78 is 15.8. The van der Waals surface area contributed by atoms with Gasteiger partial charge in [-0.1, -0.05) is 17.2 Å². The zero-order chi connectivity index (χ0) is 20.8. The Kier molecular flexibility index (Phi) is 5.83. The molecule has 3 aromatic rings. The van der Waals surface area contributed by atoms with Gasteiger partial charge in [0.25, 0.3) is 11.6 Å². The average molecular weight is 396 g/mol. The Morgan fingerprint density at radius 1 is 1.14 bits per heavy atom. The molecule has 0 saturated heterocycles. The minimum atomic E-state index is -0.532. The van der Waals surface area contributed by atoms with Crippen LogP contribution in [-0.4, -0.2) is 35.2 Å². The number of rotatable bonds is 7. The first-order chi connectivity index (χ1) is 14.0. The zero-order valence-corrected chi connectivity index (χ0v) is 15.5. The summed E-state index contributed by atoms with van der Waals surface area (Å²) in [6.45, 7) is 0. The van der Waals surface area contributed by atoms with E-state index in [0.29, 0.717) is 22.6 Å². The number of nitro benzene ring substituents is 1. The van der Waals surface area contributed by atoms with E-state index in [1.165, 1.54) is 44.6 Å². The summed E-state index contributed by atoms with van der Waals surface area (Å²) in [4.78, 5) is 22.3. The van der Waals surface area contributed by atoms with Crippen molar-refractivity contribution in [1.82, 2.24) is 10.2 Å². The van der Waals surface area contributed by atoms with Gasteiger partial charge in [-0.05, 0) is 23.8 Å². The molecule has 0 aliphatic carbocycles. The molecule has 0 aliphatic heterocycles. The quantitative estimate of drug-likeness (QED) is 0.366. The molecule has 1 aromatic heterocycles. The van der Waals surface area contributed by atoms with E-state index in [9.17, 15) is 14.9 Å². The van der Waals surface area contributed by atoms with Gasteiger partial charge in [0.15, 0.2) is 0 Å². The molecular weight excluding hydrogens is 380 g/mol. The molecule has 0 saturated carbocycles. The molecule has 1 heterocycles. The van der Waals surface area contributed by atoms with Gasteiger partial charge >= 0.3 is 6.01 Å². The summed E-state index contributed by atoms with van der Waals surface area (Å²) >= 11 is 0. The number of anilines is 1. The molecule has 29 heavy (non-hydrogen) atoms. The van der Waals surface area contributed by atoms with Crippen LogP contribution in [0.3, 0.4) is 0 Å². The fraction of sp³-hybridized carbons (Fsp3) is 0.105. The van der Waals surface area contributed by atoms with Crippen molar-refractivity contribution in [2.24, 2.45) is 0 Å². The third kappa shape index (κ3) is 4.95. The van der Waals surface area contributed by atoms with Crippen LogP contribution in [0.2, 0.25) is 0 Å². The van der Waals surface area contributed by atoms with Crippen LogP contribution in [0.1, 0.15) is 5.56 Å². The van der Waals surface area contributed by atoms with Gasteiger partial charge in [-0.25, -0.2) is 0 Å². The third-order valence-corrected chi connectivity index (χ3v) is 3.76. The smallest absolute Gasteiger partial charge is 0.322 e. The summed E-state index contributed by atoms with van der Waals surface area (Å²) in [7, 11) is 3.04. The molecule has 0 atom stereocenters. The molecule has 2 aromatic carbocycles. The van der Waals surface area contributed by atoms with Crippen LogP contribution in [0, 0.1) is 10.1 Å². The van der Waals surface area contributed by atoms with Crippen molar-refractivity contribution in [3.63, 3.8) is 0 Å². The van der Waals surface area contributed by atoms with Crippen LogP contribution in [0.25, 0.3) is 17.5 Å². The van der Waals surface area contributed by atoms with Crippen molar-refractivity contribution in [3.05, 3.63) is 64.2 Å². The van der Waals surface area contributed by atoms with Crippen molar-refractivity contribution in [2.75, 3.05) is 19.5 Å². The molecule has 0 fully saturated rings. The second kappa shape index (κ2) is 8.65. The SMILES string of the molecule is COc1cc(OC)cc(-c2nnc(NC(=O)C=Cc3cccc([N+](=O)[O-])c3)o2)c1. The summed E-state index contributed by atoms with van der Waals surface area (Å²) in [6, 6.07) is 10.8. The van der Waals surface area contributed by atoms with Crippen molar-refractivity contribution in [1.29, 1.82) is 0 Å². The number of non-ortho nitro benzene ring substituents is 1. The van der Waals surface area contributed by atoms with Crippen molar-refractivity contribution in [3.8, 4) is 23.0 Å². The predicted octanol–water partition coefficient (Wildman–Crippen LogP) is 3.31. The fourth-order valence-electron chi connectivity index (χ4n) is 2.38. The molecule has 10 heteroatoms. The number of hydrogen-bond acceptors (Lipinski definition) is 8. The molecular formula is C19H16N4O6. The van der Waals surface area contributed by atoms with Gasteiger partial charge in [0, 0.05) is 29.8 Å². The highest BCUT2D eigenvalue weighted by Gasteiger charge is 2.13. The Hall–Kier alpha value is -4.21. The topological polar surface area (TPSA) is 130 Å². The van der Waals surface area contributed by atoms with Crippen LogP contribution in [0.5, 0.6) is 11.5 Å². The fourth-order valence-corrected chi connectivity index (χ4v) is 2.38. The van der Waals surface area contributed by atoms with E-state index in [2.05, 4.69) is 15.5 Å². The molecule has 0 bridgehead atoms. The number of nitrogens with one attached hydrogen (secondary N) is 1. The molecule has 0 unspecified atom stereocenters. The maximum atomic E-state index is 12.1. The van der Waals surface area contributed by atoms with Crippen LogP contribution in [-0.2, 0) is 4.79 Å². The summed E-state index contributed by atoms with van der Waals surface area (Å²) in [5, 5.41) is 20.9. The first kappa shape index (κ1) is 19.5. The van der Waals surface area contributed by atoms with Crippen molar-refractivity contribution >= 4 is 23.7 Å². The molecule has 3 rings (SSSR count). The lowest BCUT2D eigenvalue weighted by molar-refractivity contribution is -0.384. The first-order valence-corrected chi connectivity index (χ1v) is 8.29. The van der Waals surface area contributed by atoms with E-state index in [0.717, 1.165) is 0 Å². The van der Waals surface area contributed by atoms with E-state index in [-0.39, 0.29) is 17.6 Å².